The van der Waals surface area contributed by atoms with Crippen LogP contribution in [-0.2, 0) is 9.59 Å². The van der Waals surface area contributed by atoms with E-state index >= 15 is 0 Å². The fraction of sp³-hybridized carbons (Fsp3) is 0.680. The molecule has 0 aromatic heterocycles. The van der Waals surface area contributed by atoms with Gasteiger partial charge in [0, 0.05) is 17.2 Å². The second kappa shape index (κ2) is 8.71. The van der Waals surface area contributed by atoms with E-state index in [1.807, 2.05) is 20.8 Å². The summed E-state index contributed by atoms with van der Waals surface area (Å²) in [5, 5.41) is 6.10. The highest BCUT2D eigenvalue weighted by Crippen LogP contribution is 2.60. The smallest absolute Gasteiger partial charge is 0.247 e. The lowest BCUT2D eigenvalue weighted by Gasteiger charge is -2.55. The van der Waals surface area contributed by atoms with Gasteiger partial charge in [0.2, 0.25) is 11.8 Å². The summed E-state index contributed by atoms with van der Waals surface area (Å²) in [7, 11) is 1.58. The highest BCUT2D eigenvalue weighted by Gasteiger charge is 2.55. The maximum atomic E-state index is 13.5. The molecule has 0 saturated heterocycles. The van der Waals surface area contributed by atoms with Crippen molar-refractivity contribution in [2.75, 3.05) is 19.0 Å². The number of amides is 2. The maximum absolute atomic E-state index is 13.5. The molecule has 0 unspecified atom stereocenters. The van der Waals surface area contributed by atoms with Crippen LogP contribution < -0.4 is 20.1 Å². The summed E-state index contributed by atoms with van der Waals surface area (Å²) in [6.07, 6.45) is 6.86. The van der Waals surface area contributed by atoms with Crippen molar-refractivity contribution < 1.29 is 19.1 Å². The summed E-state index contributed by atoms with van der Waals surface area (Å²) in [6.45, 7) is 6.40. The largest absolute Gasteiger partial charge is 0.493 e. The zero-order valence-electron chi connectivity index (χ0n) is 19.2. The first-order chi connectivity index (χ1) is 14.8. The lowest BCUT2D eigenvalue weighted by atomic mass is 9.49. The Bertz CT molecular complexity index is 800. The molecule has 2 N–H and O–H groups in total. The Hall–Kier alpha value is -2.24. The Morgan fingerprint density at radius 3 is 2.19 bits per heavy atom. The van der Waals surface area contributed by atoms with E-state index in [-0.39, 0.29) is 23.1 Å². The number of benzene rings is 1. The number of carbonyl (C=O) groups excluding carboxylic acids is 2. The number of methoxy groups -OCH3 is 1. The van der Waals surface area contributed by atoms with E-state index in [9.17, 15) is 9.59 Å². The van der Waals surface area contributed by atoms with Crippen LogP contribution in [0.4, 0.5) is 5.69 Å². The SMILES string of the molecule is CCOc1ccc(NC(=O)[C@H](NC(=O)C23CC4CC(CC(C4)C2)C3)C(C)C)cc1OC. The van der Waals surface area contributed by atoms with Gasteiger partial charge in [-0.3, -0.25) is 9.59 Å². The topological polar surface area (TPSA) is 76.7 Å². The van der Waals surface area contributed by atoms with Crippen molar-refractivity contribution in [1.29, 1.82) is 0 Å². The molecule has 6 heteroatoms. The average Bonchev–Trinajstić information content (AvgIpc) is 2.71. The number of ether oxygens (including phenoxy) is 2. The second-order valence-corrected chi connectivity index (χ2v) is 10.2. The van der Waals surface area contributed by atoms with Gasteiger partial charge in [0.15, 0.2) is 11.5 Å². The minimum atomic E-state index is -0.571. The molecule has 1 atom stereocenters. The third-order valence-electron chi connectivity index (χ3n) is 7.49. The molecular formula is C25H36N2O4. The predicted octanol–water partition coefficient (Wildman–Crippen LogP) is 4.39. The van der Waals surface area contributed by atoms with Crippen molar-refractivity contribution in [2.24, 2.45) is 29.1 Å². The van der Waals surface area contributed by atoms with E-state index in [1.165, 1.54) is 19.3 Å². The normalized spacial score (nSPS) is 29.5. The first kappa shape index (κ1) is 22.0. The van der Waals surface area contributed by atoms with Crippen molar-refractivity contribution >= 4 is 17.5 Å². The molecule has 5 rings (SSSR count). The van der Waals surface area contributed by atoms with Crippen molar-refractivity contribution in [2.45, 2.75) is 65.3 Å². The minimum Gasteiger partial charge on any atom is -0.493 e. The van der Waals surface area contributed by atoms with Gasteiger partial charge in [-0.15, -0.1) is 0 Å². The molecule has 1 aromatic rings. The van der Waals surface area contributed by atoms with Crippen molar-refractivity contribution in [1.82, 2.24) is 5.32 Å². The van der Waals surface area contributed by atoms with Crippen LogP contribution >= 0.6 is 0 Å². The van der Waals surface area contributed by atoms with E-state index in [0.717, 1.165) is 19.3 Å². The molecule has 6 nitrogen and oxygen atoms in total. The van der Waals surface area contributed by atoms with Crippen LogP contribution in [-0.4, -0.2) is 31.6 Å². The lowest BCUT2D eigenvalue weighted by Crippen LogP contribution is -2.57. The summed E-state index contributed by atoms with van der Waals surface area (Å²) < 4.78 is 10.9. The van der Waals surface area contributed by atoms with Crippen LogP contribution in [0.3, 0.4) is 0 Å². The molecule has 0 heterocycles. The Morgan fingerprint density at radius 1 is 1.06 bits per heavy atom. The fourth-order valence-electron chi connectivity index (χ4n) is 6.46. The predicted molar refractivity (Wildman–Crippen MR) is 120 cm³/mol. The van der Waals surface area contributed by atoms with E-state index in [1.54, 1.807) is 25.3 Å². The number of anilines is 1. The third-order valence-corrected chi connectivity index (χ3v) is 7.49. The van der Waals surface area contributed by atoms with Crippen molar-refractivity contribution in [3.05, 3.63) is 18.2 Å². The fourth-order valence-corrected chi connectivity index (χ4v) is 6.46. The molecule has 4 aliphatic carbocycles. The Balaban J connectivity index is 1.45. The van der Waals surface area contributed by atoms with Gasteiger partial charge >= 0.3 is 0 Å². The Labute approximate surface area is 185 Å². The second-order valence-electron chi connectivity index (χ2n) is 10.2. The van der Waals surface area contributed by atoms with Crippen LogP contribution in [0.25, 0.3) is 0 Å². The van der Waals surface area contributed by atoms with Crippen molar-refractivity contribution in [3.63, 3.8) is 0 Å². The molecule has 1 aromatic carbocycles. The summed E-state index contributed by atoms with van der Waals surface area (Å²) in [5.74, 6) is 3.17. The first-order valence-electron chi connectivity index (χ1n) is 11.8. The van der Waals surface area contributed by atoms with Crippen LogP contribution in [0.1, 0.15) is 59.3 Å². The van der Waals surface area contributed by atoms with Gasteiger partial charge in [0.1, 0.15) is 6.04 Å². The van der Waals surface area contributed by atoms with E-state index in [0.29, 0.717) is 41.5 Å². The van der Waals surface area contributed by atoms with Crippen LogP contribution in [0.5, 0.6) is 11.5 Å². The number of hydrogen-bond acceptors (Lipinski definition) is 4. The molecule has 0 aliphatic heterocycles. The molecule has 0 radical (unpaired) electrons. The quantitative estimate of drug-likeness (QED) is 0.644. The van der Waals surface area contributed by atoms with Gasteiger partial charge in [0.05, 0.1) is 13.7 Å². The zero-order chi connectivity index (χ0) is 22.2. The molecule has 4 bridgehead atoms. The van der Waals surface area contributed by atoms with E-state index in [4.69, 9.17) is 9.47 Å². The molecule has 0 spiro atoms. The monoisotopic (exact) mass is 428 g/mol. The summed E-state index contributed by atoms with van der Waals surface area (Å²) in [5.41, 5.74) is 0.366. The number of nitrogens with one attached hydrogen (secondary N) is 2. The standard InChI is InChI=1S/C25H36N2O4/c1-5-31-20-7-6-19(11-21(20)30-4)26-23(28)22(15(2)3)27-24(29)25-12-16-8-17(13-25)10-18(9-16)14-25/h6-7,11,15-18,22H,5,8-10,12-14H2,1-4H3,(H,26,28)(H,27,29)/t16?,17?,18?,22-,25?/m1/s1. The molecule has 4 aliphatic rings. The maximum Gasteiger partial charge on any atom is 0.247 e. The third kappa shape index (κ3) is 4.39. The molecule has 4 fully saturated rings. The van der Waals surface area contributed by atoms with Crippen LogP contribution in [0.15, 0.2) is 18.2 Å². The van der Waals surface area contributed by atoms with Gasteiger partial charge in [0.25, 0.3) is 0 Å². The van der Waals surface area contributed by atoms with Crippen LogP contribution in [0.2, 0.25) is 0 Å². The number of hydrogen-bond donors (Lipinski definition) is 2. The zero-order valence-corrected chi connectivity index (χ0v) is 19.2. The van der Waals surface area contributed by atoms with E-state index in [2.05, 4.69) is 10.6 Å². The first-order valence-corrected chi connectivity index (χ1v) is 11.8. The summed E-state index contributed by atoms with van der Waals surface area (Å²) in [6, 6.07) is 4.76. The molecular weight excluding hydrogens is 392 g/mol. The Kier molecular flexibility index (Phi) is 6.18. The van der Waals surface area contributed by atoms with Crippen molar-refractivity contribution in [3.8, 4) is 11.5 Å². The summed E-state index contributed by atoms with van der Waals surface area (Å²) >= 11 is 0. The Morgan fingerprint density at radius 2 is 1.68 bits per heavy atom. The lowest BCUT2D eigenvalue weighted by molar-refractivity contribution is -0.148. The highest BCUT2D eigenvalue weighted by molar-refractivity contribution is 5.98. The van der Waals surface area contributed by atoms with Crippen LogP contribution in [0, 0.1) is 29.1 Å². The minimum absolute atomic E-state index is 0.0116. The van der Waals surface area contributed by atoms with Gasteiger partial charge in [-0.1, -0.05) is 13.8 Å². The highest BCUT2D eigenvalue weighted by atomic mass is 16.5. The van der Waals surface area contributed by atoms with Gasteiger partial charge in [-0.25, -0.2) is 0 Å². The molecule has 31 heavy (non-hydrogen) atoms. The van der Waals surface area contributed by atoms with E-state index < -0.39 is 6.04 Å². The van der Waals surface area contributed by atoms with Gasteiger partial charge in [-0.2, -0.15) is 0 Å². The molecule has 2 amide bonds. The summed E-state index contributed by atoms with van der Waals surface area (Å²) in [4.78, 5) is 26.6. The average molecular weight is 429 g/mol. The molecule has 170 valence electrons. The molecule has 4 saturated carbocycles. The van der Waals surface area contributed by atoms with Gasteiger partial charge < -0.3 is 20.1 Å². The van der Waals surface area contributed by atoms with Gasteiger partial charge in [-0.05, 0) is 81.3 Å². The number of rotatable bonds is 8. The number of carbonyl (C=O) groups is 2.